The fourth-order valence-electron chi connectivity index (χ4n) is 3.04. The van der Waals surface area contributed by atoms with Crippen LogP contribution in [-0.2, 0) is 19.1 Å². The molecule has 0 unspecified atom stereocenters. The molecule has 0 atom stereocenters. The molecule has 0 saturated heterocycles. The minimum absolute atomic E-state index is 0.0720. The second-order valence-corrected chi connectivity index (χ2v) is 6.44. The topological polar surface area (TPSA) is 136 Å². The average molecular weight is 420 g/mol. The molecule has 4 rings (SSSR count). The fourth-order valence-corrected chi connectivity index (χ4v) is 3.04. The van der Waals surface area contributed by atoms with Crippen LogP contribution in [0.5, 0.6) is 0 Å². The van der Waals surface area contributed by atoms with Gasteiger partial charge in [0.25, 0.3) is 5.69 Å². The second kappa shape index (κ2) is 8.11. The highest BCUT2D eigenvalue weighted by molar-refractivity contribution is 6.26. The van der Waals surface area contributed by atoms with Crippen LogP contribution in [0.3, 0.4) is 0 Å². The molecule has 31 heavy (non-hydrogen) atoms. The molecule has 0 aliphatic carbocycles. The summed E-state index contributed by atoms with van der Waals surface area (Å²) < 4.78 is 10.7. The molecule has 2 N–H and O–H groups in total. The van der Waals surface area contributed by atoms with E-state index in [2.05, 4.69) is 15.3 Å². The van der Waals surface area contributed by atoms with Gasteiger partial charge in [-0.2, -0.15) is 0 Å². The highest BCUT2D eigenvalue weighted by Gasteiger charge is 2.37. The molecular weight excluding hydrogens is 404 g/mol. The average Bonchev–Trinajstić information content (AvgIpc) is 3.30. The van der Waals surface area contributed by atoms with Crippen molar-refractivity contribution in [3.63, 3.8) is 0 Å². The minimum Gasteiger partial charge on any atom is -0.462 e. The lowest BCUT2D eigenvalue weighted by molar-refractivity contribution is -0.384. The van der Waals surface area contributed by atoms with Crippen LogP contribution in [0.15, 0.2) is 66.0 Å². The number of non-ortho nitro benzene ring substituents is 1. The molecular formula is C21H16N4O6. The van der Waals surface area contributed by atoms with Crippen LogP contribution in [0.1, 0.15) is 12.5 Å². The number of nitro benzene ring substituents is 1. The summed E-state index contributed by atoms with van der Waals surface area (Å²) in [6, 6.07) is 9.06. The van der Waals surface area contributed by atoms with Crippen molar-refractivity contribution in [2.75, 3.05) is 11.9 Å². The third-order valence-corrected chi connectivity index (χ3v) is 4.48. The van der Waals surface area contributed by atoms with Gasteiger partial charge in [0.05, 0.1) is 11.5 Å². The van der Waals surface area contributed by atoms with Crippen LogP contribution in [-0.4, -0.2) is 33.3 Å². The van der Waals surface area contributed by atoms with E-state index in [0.717, 1.165) is 5.39 Å². The minimum atomic E-state index is -0.832. The predicted octanol–water partition coefficient (Wildman–Crippen LogP) is 3.30. The molecule has 2 aromatic heterocycles. The lowest BCUT2D eigenvalue weighted by atomic mass is 10.1. The van der Waals surface area contributed by atoms with Crippen LogP contribution in [0, 0.1) is 10.1 Å². The molecule has 10 nitrogen and oxygen atoms in total. The zero-order valence-electron chi connectivity index (χ0n) is 16.2. The molecule has 3 heterocycles. The van der Waals surface area contributed by atoms with Crippen molar-refractivity contribution < 1.29 is 24.0 Å². The Morgan fingerprint density at radius 2 is 2.10 bits per heavy atom. The van der Waals surface area contributed by atoms with Crippen LogP contribution >= 0.6 is 0 Å². The number of anilines is 1. The summed E-state index contributed by atoms with van der Waals surface area (Å²) in [5, 5.41) is 14.4. The van der Waals surface area contributed by atoms with Crippen LogP contribution in [0.25, 0.3) is 17.1 Å². The van der Waals surface area contributed by atoms with Gasteiger partial charge in [-0.05, 0) is 37.3 Å². The van der Waals surface area contributed by atoms with E-state index in [0.29, 0.717) is 16.9 Å². The van der Waals surface area contributed by atoms with Gasteiger partial charge in [-0.25, -0.2) is 9.78 Å². The van der Waals surface area contributed by atoms with Crippen molar-refractivity contribution >= 4 is 40.2 Å². The molecule has 0 amide bonds. The van der Waals surface area contributed by atoms with Crippen molar-refractivity contribution in [3.05, 3.63) is 81.7 Å². The third kappa shape index (κ3) is 3.86. The van der Waals surface area contributed by atoms with E-state index < -0.39 is 16.7 Å². The molecule has 0 spiro atoms. The highest BCUT2D eigenvalue weighted by atomic mass is 16.6. The van der Waals surface area contributed by atoms with Crippen molar-refractivity contribution in [2.24, 2.45) is 0 Å². The summed E-state index contributed by atoms with van der Waals surface area (Å²) in [4.78, 5) is 42.8. The number of hydrogen-bond donors (Lipinski definition) is 2. The maximum absolute atomic E-state index is 12.9. The number of Topliss-reactive ketones (excluding diaryl/α,β-unsaturated/α-hetero) is 1. The SMILES string of the molecule is CCOC(=O)C1=C(Nc2ccc([N+](=O)[O-])cc2)O/C(=C\c2c[nH]c3ncccc23)C1=O. The molecule has 1 aromatic carbocycles. The van der Waals surface area contributed by atoms with Gasteiger partial charge in [0.2, 0.25) is 11.7 Å². The fraction of sp³-hybridized carbons (Fsp3) is 0.0952. The second-order valence-electron chi connectivity index (χ2n) is 6.44. The van der Waals surface area contributed by atoms with Gasteiger partial charge in [0.15, 0.2) is 11.3 Å². The van der Waals surface area contributed by atoms with Crippen molar-refractivity contribution in [2.45, 2.75) is 6.92 Å². The van der Waals surface area contributed by atoms with E-state index in [-0.39, 0.29) is 29.5 Å². The quantitative estimate of drug-likeness (QED) is 0.204. The smallest absolute Gasteiger partial charge is 0.347 e. The zero-order chi connectivity index (χ0) is 22.0. The number of esters is 1. The summed E-state index contributed by atoms with van der Waals surface area (Å²) in [6.45, 7) is 1.70. The number of carbonyl (C=O) groups excluding carboxylic acids is 2. The number of hydrogen-bond acceptors (Lipinski definition) is 8. The molecule has 156 valence electrons. The number of nitrogens with zero attached hydrogens (tertiary/aromatic N) is 2. The number of H-pyrrole nitrogens is 1. The molecule has 0 fully saturated rings. The number of pyridine rings is 1. The molecule has 10 heteroatoms. The standard InChI is InChI=1S/C21H16N4O6/c1-2-30-21(27)17-18(26)16(10-12-11-23-19-15(12)4-3-9-22-19)31-20(17)24-13-5-7-14(8-6-13)25(28)29/h3-11,24H,2H2,1H3,(H,22,23)/b16-10-. The molecule has 0 saturated carbocycles. The molecule has 3 aromatic rings. The maximum atomic E-state index is 12.9. The lowest BCUT2D eigenvalue weighted by Gasteiger charge is -2.08. The number of benzene rings is 1. The van der Waals surface area contributed by atoms with Gasteiger partial charge >= 0.3 is 5.97 Å². The predicted molar refractivity (Wildman–Crippen MR) is 111 cm³/mol. The van der Waals surface area contributed by atoms with Gasteiger partial charge in [-0.3, -0.25) is 14.9 Å². The molecule has 0 bridgehead atoms. The first-order valence-corrected chi connectivity index (χ1v) is 9.27. The summed E-state index contributed by atoms with van der Waals surface area (Å²) in [5.74, 6) is -1.65. The van der Waals surface area contributed by atoms with Crippen molar-refractivity contribution in [1.29, 1.82) is 0 Å². The molecule has 0 radical (unpaired) electrons. The van der Waals surface area contributed by atoms with Crippen LogP contribution < -0.4 is 5.32 Å². The zero-order valence-corrected chi connectivity index (χ0v) is 16.2. The van der Waals surface area contributed by atoms with Gasteiger partial charge in [-0.15, -0.1) is 0 Å². The Balaban J connectivity index is 1.68. The van der Waals surface area contributed by atoms with E-state index in [1.54, 1.807) is 25.4 Å². The number of ether oxygens (including phenoxy) is 2. The van der Waals surface area contributed by atoms with Gasteiger partial charge in [0, 0.05) is 41.2 Å². The number of aromatic nitrogens is 2. The van der Waals surface area contributed by atoms with E-state index in [1.165, 1.54) is 30.3 Å². The first-order valence-electron chi connectivity index (χ1n) is 9.27. The monoisotopic (exact) mass is 420 g/mol. The molecule has 1 aliphatic heterocycles. The van der Waals surface area contributed by atoms with Gasteiger partial charge in [-0.1, -0.05) is 0 Å². The number of rotatable bonds is 6. The van der Waals surface area contributed by atoms with Gasteiger partial charge in [0.1, 0.15) is 5.65 Å². The Morgan fingerprint density at radius 1 is 1.32 bits per heavy atom. The van der Waals surface area contributed by atoms with Crippen LogP contribution in [0.2, 0.25) is 0 Å². The first kappa shape index (κ1) is 19.8. The van der Waals surface area contributed by atoms with E-state index in [4.69, 9.17) is 9.47 Å². The number of nitrogens with one attached hydrogen (secondary N) is 2. The highest BCUT2D eigenvalue weighted by Crippen LogP contribution is 2.30. The third-order valence-electron chi connectivity index (χ3n) is 4.48. The Kier molecular flexibility index (Phi) is 5.19. The number of allylic oxidation sites excluding steroid dienone is 1. The number of fused-ring (bicyclic) bond motifs is 1. The van der Waals surface area contributed by atoms with E-state index in [1.807, 2.05) is 6.07 Å². The number of ketones is 1. The molecule has 1 aliphatic rings. The largest absolute Gasteiger partial charge is 0.462 e. The van der Waals surface area contributed by atoms with Crippen LogP contribution in [0.4, 0.5) is 11.4 Å². The first-order chi connectivity index (χ1) is 15.0. The van der Waals surface area contributed by atoms with Gasteiger partial charge < -0.3 is 19.8 Å². The number of carbonyl (C=O) groups is 2. The summed E-state index contributed by atoms with van der Waals surface area (Å²) >= 11 is 0. The van der Waals surface area contributed by atoms with E-state index >= 15 is 0 Å². The Morgan fingerprint density at radius 3 is 2.81 bits per heavy atom. The Bertz CT molecular complexity index is 1260. The Hall–Kier alpha value is -4.47. The van der Waals surface area contributed by atoms with Crippen molar-refractivity contribution in [1.82, 2.24) is 9.97 Å². The summed E-state index contributed by atoms with van der Waals surface area (Å²) in [6.07, 6.45) is 4.82. The maximum Gasteiger partial charge on any atom is 0.347 e. The van der Waals surface area contributed by atoms with E-state index in [9.17, 15) is 19.7 Å². The Labute approximate surface area is 175 Å². The number of aromatic amines is 1. The van der Waals surface area contributed by atoms with Crippen molar-refractivity contribution in [3.8, 4) is 0 Å². The lowest BCUT2D eigenvalue weighted by Crippen LogP contribution is -2.16. The normalized spacial score (nSPS) is 14.7. The number of nitro groups is 1. The summed E-state index contributed by atoms with van der Waals surface area (Å²) in [5.41, 5.74) is 1.31. The summed E-state index contributed by atoms with van der Waals surface area (Å²) in [7, 11) is 0.